The molecule has 0 amide bonds. The maximum Gasteiger partial charge on any atom is 0.460 e. The summed E-state index contributed by atoms with van der Waals surface area (Å²) in [5, 5.41) is -4.14. The van der Waals surface area contributed by atoms with E-state index in [2.05, 4.69) is 4.74 Å². The van der Waals surface area contributed by atoms with Crippen molar-refractivity contribution >= 4 is 23.5 Å². The van der Waals surface area contributed by atoms with Crippen LogP contribution in [-0.4, -0.2) is 41.4 Å². The van der Waals surface area contributed by atoms with Gasteiger partial charge in [0.2, 0.25) is 0 Å². The standard InChI is InChI=1S/C25H26ClF9O4/c1-20-9-7-13(38-18(36)22(27,28)24(31,32)25(33,34)35)11-12(20)3-4-14-15-5-6-17(39-19(37)23(26,29)30)21(15,2)10-8-16(14)20/h3,11,14-17H,4-10H2,1-2H3/t14-,15-,16-,17?,20-,21-/m0/s1. The first kappa shape index (κ1) is 30.0. The Labute approximate surface area is 222 Å². The largest absolute Gasteiger partial charge is 0.460 e. The molecule has 0 N–H and O–H groups in total. The summed E-state index contributed by atoms with van der Waals surface area (Å²) in [7, 11) is 0. The van der Waals surface area contributed by atoms with E-state index in [0.29, 0.717) is 37.7 Å². The fraction of sp³-hybridized carbons (Fsp3) is 0.760. The highest BCUT2D eigenvalue weighted by Gasteiger charge is 2.77. The zero-order valence-corrected chi connectivity index (χ0v) is 21.6. The molecule has 0 saturated heterocycles. The number of fused-ring (bicyclic) bond motifs is 5. The summed E-state index contributed by atoms with van der Waals surface area (Å²) in [6.07, 6.45) is -1.65. The third kappa shape index (κ3) is 4.73. The molecule has 0 aliphatic heterocycles. The average molecular weight is 597 g/mol. The molecule has 0 heterocycles. The first-order valence-corrected chi connectivity index (χ1v) is 12.8. The van der Waals surface area contributed by atoms with Crippen molar-refractivity contribution < 1.29 is 58.6 Å². The maximum absolute atomic E-state index is 13.7. The lowest BCUT2D eigenvalue weighted by atomic mass is 9.48. The van der Waals surface area contributed by atoms with Crippen molar-refractivity contribution in [2.75, 3.05) is 0 Å². The van der Waals surface area contributed by atoms with Gasteiger partial charge in [0.25, 0.3) is 0 Å². The van der Waals surface area contributed by atoms with Crippen LogP contribution in [0.15, 0.2) is 23.5 Å². The number of carbonyl (C=O) groups is 2. The second kappa shape index (κ2) is 9.30. The topological polar surface area (TPSA) is 52.6 Å². The Hall–Kier alpha value is -1.92. The van der Waals surface area contributed by atoms with Crippen LogP contribution >= 0.6 is 11.6 Å². The average Bonchev–Trinajstić information content (AvgIpc) is 3.13. The van der Waals surface area contributed by atoms with Gasteiger partial charge in [-0.3, -0.25) is 0 Å². The predicted octanol–water partition coefficient (Wildman–Crippen LogP) is 7.56. The number of halogens is 10. The van der Waals surface area contributed by atoms with Crippen LogP contribution in [0.25, 0.3) is 0 Å². The SMILES string of the molecule is C[C@]12CCC(OC(=O)C(F)(F)C(F)(F)C(F)(F)F)=CC1=CC[C@@H]1[C@@H]2CC[C@]2(C)C(OC(=O)C(F)(F)Cl)CC[C@@H]12. The zero-order chi connectivity index (χ0) is 29.4. The number of alkyl halides is 10. The Bertz CT molecular complexity index is 1100. The lowest BCUT2D eigenvalue weighted by molar-refractivity contribution is -0.347. The van der Waals surface area contributed by atoms with Crippen LogP contribution in [0, 0.1) is 28.6 Å². The van der Waals surface area contributed by atoms with Crippen molar-refractivity contribution in [2.45, 2.75) is 88.3 Å². The highest BCUT2D eigenvalue weighted by molar-refractivity contribution is 6.31. The van der Waals surface area contributed by atoms with Crippen molar-refractivity contribution in [3.63, 3.8) is 0 Å². The van der Waals surface area contributed by atoms with Gasteiger partial charge >= 0.3 is 35.3 Å². The van der Waals surface area contributed by atoms with E-state index in [1.54, 1.807) is 6.08 Å². The molecular weight excluding hydrogens is 571 g/mol. The van der Waals surface area contributed by atoms with Gasteiger partial charge in [0, 0.05) is 11.8 Å². The van der Waals surface area contributed by atoms with E-state index < -0.39 is 58.0 Å². The van der Waals surface area contributed by atoms with Gasteiger partial charge < -0.3 is 9.47 Å². The van der Waals surface area contributed by atoms with Gasteiger partial charge in [-0.1, -0.05) is 19.9 Å². The minimum atomic E-state index is -6.66. The first-order chi connectivity index (χ1) is 17.7. The van der Waals surface area contributed by atoms with E-state index >= 15 is 0 Å². The number of hydrogen-bond acceptors (Lipinski definition) is 4. The lowest BCUT2D eigenvalue weighted by Gasteiger charge is -2.56. The van der Waals surface area contributed by atoms with Gasteiger partial charge in [-0.25, -0.2) is 9.59 Å². The van der Waals surface area contributed by atoms with Crippen LogP contribution in [0.5, 0.6) is 0 Å². The van der Waals surface area contributed by atoms with Crippen LogP contribution in [0.3, 0.4) is 0 Å². The van der Waals surface area contributed by atoms with E-state index in [4.69, 9.17) is 16.3 Å². The second-order valence-corrected chi connectivity index (χ2v) is 11.8. The molecular formula is C25H26ClF9O4. The van der Waals surface area contributed by atoms with Gasteiger partial charge in [0.05, 0.1) is 0 Å². The highest BCUT2D eigenvalue weighted by atomic mass is 35.5. The Morgan fingerprint density at radius 3 is 2.15 bits per heavy atom. The molecule has 6 atom stereocenters. The first-order valence-electron chi connectivity index (χ1n) is 12.4. The number of esters is 2. The Kier molecular flexibility index (Phi) is 7.17. The van der Waals surface area contributed by atoms with Gasteiger partial charge in [-0.05, 0) is 84.9 Å². The van der Waals surface area contributed by atoms with E-state index in [1.165, 1.54) is 6.08 Å². The summed E-state index contributed by atoms with van der Waals surface area (Å²) in [5.41, 5.74) is -0.521. The molecule has 4 nitrogen and oxygen atoms in total. The summed E-state index contributed by atoms with van der Waals surface area (Å²) >= 11 is 4.82. The van der Waals surface area contributed by atoms with Crippen LogP contribution in [0.1, 0.15) is 58.8 Å². The van der Waals surface area contributed by atoms with Crippen LogP contribution in [-0.2, 0) is 19.1 Å². The van der Waals surface area contributed by atoms with Gasteiger partial charge in [-0.2, -0.15) is 39.5 Å². The summed E-state index contributed by atoms with van der Waals surface area (Å²) in [4.78, 5) is 23.5. The molecule has 0 bridgehead atoms. The van der Waals surface area contributed by atoms with Crippen molar-refractivity contribution in [3.05, 3.63) is 23.5 Å². The third-order valence-electron chi connectivity index (χ3n) is 9.36. The molecule has 0 aromatic rings. The van der Waals surface area contributed by atoms with Crippen molar-refractivity contribution in [2.24, 2.45) is 28.6 Å². The highest BCUT2D eigenvalue weighted by Crippen LogP contribution is 2.65. The predicted molar refractivity (Wildman–Crippen MR) is 118 cm³/mol. The summed E-state index contributed by atoms with van der Waals surface area (Å²) < 4.78 is 127. The van der Waals surface area contributed by atoms with Crippen LogP contribution in [0.2, 0.25) is 0 Å². The van der Waals surface area contributed by atoms with Crippen LogP contribution < -0.4 is 0 Å². The van der Waals surface area contributed by atoms with Crippen molar-refractivity contribution in [3.8, 4) is 0 Å². The molecule has 220 valence electrons. The molecule has 4 rings (SSSR count). The van der Waals surface area contributed by atoms with Crippen molar-refractivity contribution in [1.82, 2.24) is 0 Å². The molecule has 4 aliphatic carbocycles. The van der Waals surface area contributed by atoms with Crippen molar-refractivity contribution in [1.29, 1.82) is 0 Å². The fourth-order valence-electron chi connectivity index (χ4n) is 7.21. The van der Waals surface area contributed by atoms with Crippen LogP contribution in [0.4, 0.5) is 39.5 Å². The lowest BCUT2D eigenvalue weighted by Crippen LogP contribution is -2.56. The second-order valence-electron chi connectivity index (χ2n) is 11.3. The molecule has 0 spiro atoms. The van der Waals surface area contributed by atoms with Gasteiger partial charge in [-0.15, -0.1) is 0 Å². The normalized spacial score (nSPS) is 35.2. The Morgan fingerprint density at radius 1 is 0.923 bits per heavy atom. The Morgan fingerprint density at radius 2 is 1.56 bits per heavy atom. The summed E-state index contributed by atoms with van der Waals surface area (Å²) in [5.74, 6) is -17.9. The number of carbonyl (C=O) groups excluding carboxylic acids is 2. The summed E-state index contributed by atoms with van der Waals surface area (Å²) in [6.45, 7) is 3.81. The smallest absolute Gasteiger partial charge is 0.456 e. The van der Waals surface area contributed by atoms with E-state index in [1.807, 2.05) is 13.8 Å². The molecule has 0 aromatic carbocycles. The number of rotatable bonds is 5. The van der Waals surface area contributed by atoms with E-state index in [-0.39, 0.29) is 30.6 Å². The molecule has 0 aromatic heterocycles. The number of allylic oxidation sites excluding steroid dienone is 4. The summed E-state index contributed by atoms with van der Waals surface area (Å²) in [6, 6.07) is 0. The van der Waals surface area contributed by atoms with E-state index in [9.17, 15) is 49.1 Å². The minimum absolute atomic E-state index is 0.0131. The molecule has 14 heteroatoms. The fourth-order valence-corrected chi connectivity index (χ4v) is 7.26. The molecule has 2 fully saturated rings. The zero-order valence-electron chi connectivity index (χ0n) is 20.8. The quantitative estimate of drug-likeness (QED) is 0.187. The van der Waals surface area contributed by atoms with E-state index in [0.717, 1.165) is 0 Å². The molecule has 39 heavy (non-hydrogen) atoms. The molecule has 4 aliphatic rings. The molecule has 1 unspecified atom stereocenters. The van der Waals surface area contributed by atoms with Gasteiger partial charge in [0.1, 0.15) is 11.9 Å². The number of hydrogen-bond donors (Lipinski definition) is 0. The monoisotopic (exact) mass is 596 g/mol. The Balaban J connectivity index is 1.52. The minimum Gasteiger partial charge on any atom is -0.456 e. The maximum atomic E-state index is 13.7. The molecule has 0 radical (unpaired) electrons. The molecule has 2 saturated carbocycles. The van der Waals surface area contributed by atoms with Gasteiger partial charge in [0.15, 0.2) is 0 Å². The third-order valence-corrected chi connectivity index (χ3v) is 9.51. The number of ether oxygens (including phenoxy) is 2.